The van der Waals surface area contributed by atoms with Crippen LogP contribution in [0.3, 0.4) is 0 Å². The summed E-state index contributed by atoms with van der Waals surface area (Å²) in [6, 6.07) is 14.7. The molecule has 33 heavy (non-hydrogen) atoms. The van der Waals surface area contributed by atoms with E-state index in [9.17, 15) is 19.5 Å². The minimum absolute atomic E-state index is 0.0554. The molecule has 1 aliphatic rings. The molecule has 1 aliphatic carbocycles. The summed E-state index contributed by atoms with van der Waals surface area (Å²) in [4.78, 5) is 35.9. The van der Waals surface area contributed by atoms with Gasteiger partial charge in [-0.15, -0.1) is 12.3 Å². The van der Waals surface area contributed by atoms with Crippen LogP contribution in [0.5, 0.6) is 0 Å². The predicted molar refractivity (Wildman–Crippen MR) is 121 cm³/mol. The van der Waals surface area contributed by atoms with E-state index in [1.165, 1.54) is 0 Å². The molecule has 0 fully saturated rings. The third kappa shape index (κ3) is 6.11. The molecule has 4 N–H and O–H groups in total. The molecule has 2 unspecified atom stereocenters. The van der Waals surface area contributed by atoms with Gasteiger partial charge in [0, 0.05) is 25.3 Å². The molecule has 0 bridgehead atoms. The zero-order valence-corrected chi connectivity index (χ0v) is 18.0. The summed E-state index contributed by atoms with van der Waals surface area (Å²) in [5.41, 5.74) is 4.28. The van der Waals surface area contributed by atoms with Crippen LogP contribution in [0.2, 0.25) is 0 Å². The monoisotopic (exact) mass is 450 g/mol. The molecule has 0 heterocycles. The van der Waals surface area contributed by atoms with Gasteiger partial charge in [-0.2, -0.15) is 0 Å². The third-order valence-corrected chi connectivity index (χ3v) is 5.46. The molecule has 8 heteroatoms. The molecule has 0 aromatic heterocycles. The molecule has 2 aromatic rings. The van der Waals surface area contributed by atoms with Gasteiger partial charge in [-0.25, -0.2) is 4.79 Å². The lowest BCUT2D eigenvalue weighted by atomic mass is 9.98. The summed E-state index contributed by atoms with van der Waals surface area (Å²) in [5.74, 6) is 0.410. The number of ether oxygens (including phenoxy) is 1. The third-order valence-electron chi connectivity index (χ3n) is 5.46. The second kappa shape index (κ2) is 11.2. The van der Waals surface area contributed by atoms with E-state index < -0.39 is 30.1 Å². The molecule has 0 saturated carbocycles. The number of aliphatic hydroxyl groups excluding tert-OH is 1. The quantitative estimate of drug-likeness (QED) is 0.412. The minimum atomic E-state index is -1.13. The number of nitrogens with one attached hydrogen (secondary N) is 2. The van der Waals surface area contributed by atoms with Crippen molar-refractivity contribution in [2.45, 2.75) is 37.3 Å². The number of rotatable bonds is 10. The highest BCUT2D eigenvalue weighted by molar-refractivity contribution is 5.86. The highest BCUT2D eigenvalue weighted by Gasteiger charge is 2.30. The van der Waals surface area contributed by atoms with Crippen molar-refractivity contribution in [3.8, 4) is 23.5 Å². The first-order chi connectivity index (χ1) is 15.9. The molecule has 172 valence electrons. The summed E-state index contributed by atoms with van der Waals surface area (Å²) in [5, 5.41) is 23.6. The molecule has 2 aromatic carbocycles. The molecular weight excluding hydrogens is 424 g/mol. The second-order valence-corrected chi connectivity index (χ2v) is 7.76. The molecule has 2 amide bonds. The van der Waals surface area contributed by atoms with Crippen molar-refractivity contribution in [3.63, 3.8) is 0 Å². The number of benzene rings is 2. The Kier molecular flexibility index (Phi) is 8.06. The number of hydrogen-bond acceptors (Lipinski definition) is 5. The first kappa shape index (κ1) is 23.8. The van der Waals surface area contributed by atoms with Gasteiger partial charge in [-0.1, -0.05) is 48.5 Å². The number of carboxylic acids is 1. The number of carbonyl (C=O) groups excluding carboxylic acids is 2. The average Bonchev–Trinajstić information content (AvgIpc) is 3.12. The number of aliphatic hydroxyl groups is 1. The summed E-state index contributed by atoms with van der Waals surface area (Å²) in [6.07, 6.45) is 2.96. The number of carboxylic acid groups (broad SMARTS) is 1. The van der Waals surface area contributed by atoms with Gasteiger partial charge in [-0.3, -0.25) is 9.59 Å². The van der Waals surface area contributed by atoms with E-state index in [2.05, 4.69) is 16.6 Å². The molecule has 0 spiro atoms. The minimum Gasteiger partial charge on any atom is -0.481 e. The number of aliphatic carboxylic acids is 1. The van der Waals surface area contributed by atoms with E-state index in [1.807, 2.05) is 48.5 Å². The van der Waals surface area contributed by atoms with Gasteiger partial charge in [-0.05, 0) is 28.7 Å². The van der Waals surface area contributed by atoms with Gasteiger partial charge < -0.3 is 25.6 Å². The van der Waals surface area contributed by atoms with Crippen LogP contribution in [0, 0.1) is 12.3 Å². The lowest BCUT2D eigenvalue weighted by Gasteiger charge is -2.20. The highest BCUT2D eigenvalue weighted by Crippen LogP contribution is 2.44. The molecule has 3 rings (SSSR count). The Hall–Kier alpha value is -3.83. The van der Waals surface area contributed by atoms with Crippen molar-refractivity contribution in [1.29, 1.82) is 0 Å². The number of carbonyl (C=O) groups is 3. The maximum Gasteiger partial charge on any atom is 0.407 e. The Morgan fingerprint density at radius 1 is 1.06 bits per heavy atom. The number of amides is 2. The van der Waals surface area contributed by atoms with Crippen LogP contribution in [0.4, 0.5) is 4.79 Å². The highest BCUT2D eigenvalue weighted by atomic mass is 16.5. The first-order valence-electron chi connectivity index (χ1n) is 10.6. The summed E-state index contributed by atoms with van der Waals surface area (Å²) < 4.78 is 5.44. The van der Waals surface area contributed by atoms with E-state index in [0.29, 0.717) is 0 Å². The van der Waals surface area contributed by atoms with Crippen LogP contribution in [0.25, 0.3) is 11.1 Å². The van der Waals surface area contributed by atoms with Crippen LogP contribution in [0.1, 0.15) is 36.3 Å². The van der Waals surface area contributed by atoms with Crippen molar-refractivity contribution in [2.75, 3.05) is 13.2 Å². The maximum absolute atomic E-state index is 12.5. The van der Waals surface area contributed by atoms with Crippen LogP contribution in [-0.4, -0.2) is 53.5 Å². The predicted octanol–water partition coefficient (Wildman–Crippen LogP) is 2.26. The smallest absolute Gasteiger partial charge is 0.407 e. The van der Waals surface area contributed by atoms with E-state index in [1.54, 1.807) is 0 Å². The van der Waals surface area contributed by atoms with Gasteiger partial charge in [0.1, 0.15) is 12.6 Å². The lowest BCUT2D eigenvalue weighted by molar-refractivity contribution is -0.137. The summed E-state index contributed by atoms with van der Waals surface area (Å²) >= 11 is 0. The number of hydrogen-bond donors (Lipinski definition) is 4. The topological polar surface area (TPSA) is 125 Å². The van der Waals surface area contributed by atoms with E-state index in [-0.39, 0.29) is 38.3 Å². The van der Waals surface area contributed by atoms with Gasteiger partial charge >= 0.3 is 12.1 Å². The Morgan fingerprint density at radius 2 is 1.67 bits per heavy atom. The van der Waals surface area contributed by atoms with E-state index in [0.717, 1.165) is 22.3 Å². The van der Waals surface area contributed by atoms with Crippen LogP contribution in [0.15, 0.2) is 48.5 Å². The standard InChI is InChI=1S/C25H26N2O6/c1-2-7-16(28)14-26-24(31)22(12-13-23(29)30)27-25(32)33-15-21-19-10-5-3-8-17(19)18-9-4-6-11-20(18)21/h1,3-6,8-11,16,21-22,28H,7,12-15H2,(H,26,31)(H,27,32)(H,29,30). The zero-order valence-electron chi connectivity index (χ0n) is 18.0. The Labute approximate surface area is 192 Å². The van der Waals surface area contributed by atoms with E-state index >= 15 is 0 Å². The van der Waals surface area contributed by atoms with Crippen LogP contribution >= 0.6 is 0 Å². The Bertz CT molecular complexity index is 1020. The fourth-order valence-electron chi connectivity index (χ4n) is 3.87. The summed E-state index contributed by atoms with van der Waals surface area (Å²) in [6.45, 7) is -0.0486. The lowest BCUT2D eigenvalue weighted by Crippen LogP contribution is -2.48. The molecule has 8 nitrogen and oxygen atoms in total. The van der Waals surface area contributed by atoms with Gasteiger partial charge in [0.05, 0.1) is 6.10 Å². The van der Waals surface area contributed by atoms with Crippen LogP contribution in [-0.2, 0) is 14.3 Å². The Balaban J connectivity index is 1.62. The largest absolute Gasteiger partial charge is 0.481 e. The van der Waals surface area contributed by atoms with Gasteiger partial charge in [0.2, 0.25) is 5.91 Å². The second-order valence-electron chi connectivity index (χ2n) is 7.76. The summed E-state index contributed by atoms with van der Waals surface area (Å²) in [7, 11) is 0. The zero-order chi connectivity index (χ0) is 23.8. The average molecular weight is 450 g/mol. The molecule has 0 aliphatic heterocycles. The van der Waals surface area contributed by atoms with Crippen molar-refractivity contribution >= 4 is 18.0 Å². The molecule has 0 saturated heterocycles. The normalized spacial score (nSPS) is 13.7. The van der Waals surface area contributed by atoms with Crippen molar-refractivity contribution in [3.05, 3.63) is 59.7 Å². The van der Waals surface area contributed by atoms with Crippen molar-refractivity contribution < 1.29 is 29.3 Å². The number of terminal acetylenes is 1. The van der Waals surface area contributed by atoms with Gasteiger partial charge in [0.15, 0.2) is 0 Å². The SMILES string of the molecule is C#CCC(O)CNC(=O)C(CCC(=O)O)NC(=O)OCC1c2ccccc2-c2ccccc21. The van der Waals surface area contributed by atoms with Crippen LogP contribution < -0.4 is 10.6 Å². The number of alkyl carbamates (subject to hydrolysis) is 1. The van der Waals surface area contributed by atoms with E-state index in [4.69, 9.17) is 16.3 Å². The molecular formula is C25H26N2O6. The first-order valence-corrected chi connectivity index (χ1v) is 10.6. The number of fused-ring (bicyclic) bond motifs is 3. The fraction of sp³-hybridized carbons (Fsp3) is 0.320. The van der Waals surface area contributed by atoms with Crippen molar-refractivity contribution in [2.24, 2.45) is 0 Å². The Morgan fingerprint density at radius 3 is 2.24 bits per heavy atom. The van der Waals surface area contributed by atoms with Crippen molar-refractivity contribution in [1.82, 2.24) is 10.6 Å². The molecule has 0 radical (unpaired) electrons. The fourth-order valence-corrected chi connectivity index (χ4v) is 3.87. The maximum atomic E-state index is 12.5. The molecule has 2 atom stereocenters. The van der Waals surface area contributed by atoms with Gasteiger partial charge in [0.25, 0.3) is 0 Å².